The van der Waals surface area contributed by atoms with Crippen LogP contribution in [0.4, 0.5) is 5.69 Å². The normalized spacial score (nSPS) is 19.0. The van der Waals surface area contributed by atoms with Crippen LogP contribution in [0.15, 0.2) is 12.1 Å². The van der Waals surface area contributed by atoms with E-state index >= 15 is 0 Å². The molecule has 0 saturated carbocycles. The molecule has 0 radical (unpaired) electrons. The molecule has 1 aromatic carbocycles. The molecule has 1 heterocycles. The van der Waals surface area contributed by atoms with Gasteiger partial charge in [0, 0.05) is 35.8 Å². The Kier molecular flexibility index (Phi) is 5.39. The van der Waals surface area contributed by atoms with Crippen molar-refractivity contribution < 1.29 is 15.1 Å². The van der Waals surface area contributed by atoms with Crippen LogP contribution >= 0.6 is 11.6 Å². The van der Waals surface area contributed by atoms with Crippen LogP contribution in [0.5, 0.6) is 5.75 Å². The van der Waals surface area contributed by atoms with Crippen molar-refractivity contribution >= 4 is 17.3 Å². The first-order valence-electron chi connectivity index (χ1n) is 7.03. The smallest absolute Gasteiger partial charge is 0.312 e. The lowest BCUT2D eigenvalue weighted by molar-refractivity contribution is -0.385. The largest absolute Gasteiger partial charge is 0.502 e. The summed E-state index contributed by atoms with van der Waals surface area (Å²) >= 11 is 5.90. The third kappa shape index (κ3) is 3.84. The van der Waals surface area contributed by atoms with Gasteiger partial charge in [-0.05, 0) is 38.3 Å². The van der Waals surface area contributed by atoms with Crippen molar-refractivity contribution in [2.75, 3.05) is 13.2 Å². The first-order valence-corrected chi connectivity index (χ1v) is 7.41. The summed E-state index contributed by atoms with van der Waals surface area (Å²) < 4.78 is 0. The van der Waals surface area contributed by atoms with E-state index < -0.39 is 4.92 Å². The fraction of sp³-hybridized carbons (Fsp3) is 0.571. The van der Waals surface area contributed by atoms with Gasteiger partial charge in [-0.1, -0.05) is 11.6 Å². The molecule has 116 valence electrons. The molecule has 1 fully saturated rings. The molecule has 0 amide bonds. The van der Waals surface area contributed by atoms with Gasteiger partial charge in [0.1, 0.15) is 0 Å². The van der Waals surface area contributed by atoms with E-state index in [0.717, 1.165) is 38.3 Å². The first kappa shape index (κ1) is 16.0. The quantitative estimate of drug-likeness (QED) is 0.622. The molecule has 0 spiro atoms. The Balaban J connectivity index is 2.17. The van der Waals surface area contributed by atoms with Gasteiger partial charge in [0.2, 0.25) is 0 Å². The van der Waals surface area contributed by atoms with Crippen molar-refractivity contribution in [1.29, 1.82) is 0 Å². The standard InChI is InChI=1S/C14H19ClN2O4/c15-11-7-10(14(19)13(8-11)17(20)21)9-16-5-1-3-12(16)4-2-6-18/h7-8,12,18-19H,1-6,9H2. The molecule has 0 aliphatic carbocycles. The fourth-order valence-corrected chi connectivity index (χ4v) is 3.11. The van der Waals surface area contributed by atoms with E-state index in [4.69, 9.17) is 16.7 Å². The number of aromatic hydroxyl groups is 1. The van der Waals surface area contributed by atoms with E-state index in [0.29, 0.717) is 18.2 Å². The highest BCUT2D eigenvalue weighted by Crippen LogP contribution is 2.35. The van der Waals surface area contributed by atoms with E-state index in [-0.39, 0.29) is 23.1 Å². The highest BCUT2D eigenvalue weighted by atomic mass is 35.5. The monoisotopic (exact) mass is 314 g/mol. The maximum absolute atomic E-state index is 10.9. The zero-order valence-electron chi connectivity index (χ0n) is 11.7. The Morgan fingerprint density at radius 2 is 2.24 bits per heavy atom. The minimum atomic E-state index is -0.627. The van der Waals surface area contributed by atoms with Crippen LogP contribution in [0.3, 0.4) is 0 Å². The maximum Gasteiger partial charge on any atom is 0.312 e. The number of rotatable bonds is 6. The highest BCUT2D eigenvalue weighted by molar-refractivity contribution is 6.31. The Morgan fingerprint density at radius 3 is 2.90 bits per heavy atom. The lowest BCUT2D eigenvalue weighted by Crippen LogP contribution is -2.29. The SMILES string of the molecule is O=[N+]([O-])c1cc(Cl)cc(CN2CCCC2CCCO)c1O. The van der Waals surface area contributed by atoms with Gasteiger partial charge < -0.3 is 10.2 Å². The van der Waals surface area contributed by atoms with Gasteiger partial charge in [0.15, 0.2) is 5.75 Å². The first-order chi connectivity index (χ1) is 10.0. The number of benzene rings is 1. The predicted octanol–water partition coefficient (Wildman–Crippen LogP) is 2.69. The average molecular weight is 315 g/mol. The Labute approximate surface area is 128 Å². The lowest BCUT2D eigenvalue weighted by Gasteiger charge is -2.24. The number of phenols is 1. The molecular weight excluding hydrogens is 296 g/mol. The second kappa shape index (κ2) is 7.06. The van der Waals surface area contributed by atoms with Crippen molar-refractivity contribution in [2.45, 2.75) is 38.3 Å². The van der Waals surface area contributed by atoms with Gasteiger partial charge in [-0.25, -0.2) is 0 Å². The Bertz CT molecular complexity index is 524. The van der Waals surface area contributed by atoms with Crippen molar-refractivity contribution in [3.8, 4) is 5.75 Å². The summed E-state index contributed by atoms with van der Waals surface area (Å²) in [5.41, 5.74) is 0.119. The molecule has 1 aliphatic rings. The maximum atomic E-state index is 10.9. The van der Waals surface area contributed by atoms with E-state index in [9.17, 15) is 15.2 Å². The van der Waals surface area contributed by atoms with Crippen molar-refractivity contribution in [2.24, 2.45) is 0 Å². The van der Waals surface area contributed by atoms with Crippen molar-refractivity contribution in [3.05, 3.63) is 32.8 Å². The summed E-state index contributed by atoms with van der Waals surface area (Å²) in [6.45, 7) is 1.48. The fourth-order valence-electron chi connectivity index (χ4n) is 2.88. The van der Waals surface area contributed by atoms with Crippen molar-refractivity contribution in [1.82, 2.24) is 4.90 Å². The summed E-state index contributed by atoms with van der Waals surface area (Å²) in [5, 5.41) is 30.1. The van der Waals surface area contributed by atoms with Crippen LogP contribution in [-0.4, -0.2) is 39.2 Å². The summed E-state index contributed by atoms with van der Waals surface area (Å²) in [7, 11) is 0. The Hall–Kier alpha value is -1.37. The minimum absolute atomic E-state index is 0.165. The molecule has 7 heteroatoms. The molecule has 1 aliphatic heterocycles. The minimum Gasteiger partial charge on any atom is -0.502 e. The number of phenolic OH excluding ortho intramolecular Hbond substituents is 1. The number of halogens is 1. The van der Waals surface area contributed by atoms with Crippen LogP contribution in [0, 0.1) is 10.1 Å². The second-order valence-electron chi connectivity index (χ2n) is 5.32. The Morgan fingerprint density at radius 1 is 1.48 bits per heavy atom. The summed E-state index contributed by atoms with van der Waals surface area (Å²) in [5.74, 6) is -0.308. The topological polar surface area (TPSA) is 86.8 Å². The zero-order chi connectivity index (χ0) is 15.4. The van der Waals surface area contributed by atoms with E-state index in [1.54, 1.807) is 6.07 Å². The molecule has 1 atom stereocenters. The van der Waals surface area contributed by atoms with Gasteiger partial charge in [-0.2, -0.15) is 0 Å². The zero-order valence-corrected chi connectivity index (χ0v) is 12.4. The number of likely N-dealkylation sites (tertiary alicyclic amines) is 1. The molecule has 2 rings (SSSR count). The third-order valence-electron chi connectivity index (χ3n) is 3.90. The average Bonchev–Trinajstić information content (AvgIpc) is 2.87. The van der Waals surface area contributed by atoms with Gasteiger partial charge in [0.05, 0.1) is 4.92 Å². The second-order valence-corrected chi connectivity index (χ2v) is 5.76. The van der Waals surface area contributed by atoms with Gasteiger partial charge >= 0.3 is 5.69 Å². The van der Waals surface area contributed by atoms with E-state index in [1.165, 1.54) is 0 Å². The number of hydrogen-bond donors (Lipinski definition) is 2. The number of hydrogen-bond acceptors (Lipinski definition) is 5. The molecule has 6 nitrogen and oxygen atoms in total. The molecule has 21 heavy (non-hydrogen) atoms. The summed E-state index contributed by atoms with van der Waals surface area (Å²) in [6.07, 6.45) is 3.73. The number of nitro groups is 1. The van der Waals surface area contributed by atoms with Gasteiger partial charge in [-0.3, -0.25) is 15.0 Å². The molecule has 1 unspecified atom stereocenters. The molecule has 0 bridgehead atoms. The third-order valence-corrected chi connectivity index (χ3v) is 4.12. The van der Waals surface area contributed by atoms with Crippen LogP contribution in [0.25, 0.3) is 0 Å². The number of nitro benzene ring substituents is 1. The molecule has 2 N–H and O–H groups in total. The number of aliphatic hydroxyl groups is 1. The number of aliphatic hydroxyl groups excluding tert-OH is 1. The van der Waals surface area contributed by atoms with Crippen LogP contribution in [0.1, 0.15) is 31.2 Å². The molecular formula is C14H19ClN2O4. The predicted molar refractivity (Wildman–Crippen MR) is 79.5 cm³/mol. The lowest BCUT2D eigenvalue weighted by atomic mass is 10.1. The van der Waals surface area contributed by atoms with Crippen LogP contribution < -0.4 is 0 Å². The van der Waals surface area contributed by atoms with Crippen LogP contribution in [0.2, 0.25) is 5.02 Å². The summed E-state index contributed by atoms with van der Waals surface area (Å²) in [6, 6.07) is 3.08. The summed E-state index contributed by atoms with van der Waals surface area (Å²) in [4.78, 5) is 12.5. The van der Waals surface area contributed by atoms with E-state index in [2.05, 4.69) is 4.90 Å². The highest BCUT2D eigenvalue weighted by Gasteiger charge is 2.27. The van der Waals surface area contributed by atoms with Gasteiger partial charge in [0.25, 0.3) is 0 Å². The van der Waals surface area contributed by atoms with Crippen LogP contribution in [-0.2, 0) is 6.54 Å². The van der Waals surface area contributed by atoms with E-state index in [1.807, 2.05) is 0 Å². The molecule has 0 aromatic heterocycles. The van der Waals surface area contributed by atoms with Gasteiger partial charge in [-0.15, -0.1) is 0 Å². The molecule has 1 aromatic rings. The van der Waals surface area contributed by atoms with Crippen molar-refractivity contribution in [3.63, 3.8) is 0 Å². The number of nitrogens with zero attached hydrogens (tertiary/aromatic N) is 2. The molecule has 1 saturated heterocycles.